The van der Waals surface area contributed by atoms with Crippen LogP contribution in [0.2, 0.25) is 0 Å². The number of imidazole rings is 1. The molecule has 0 radical (unpaired) electrons. The third-order valence-corrected chi connectivity index (χ3v) is 5.97. The van der Waals surface area contributed by atoms with E-state index in [4.69, 9.17) is 4.74 Å². The summed E-state index contributed by atoms with van der Waals surface area (Å²) < 4.78 is 47.0. The molecule has 5 nitrogen and oxygen atoms in total. The Bertz CT molecular complexity index is 852. The molecule has 2 aliphatic rings. The monoisotopic (exact) mass is 394 g/mol. The van der Waals surface area contributed by atoms with E-state index in [-0.39, 0.29) is 5.69 Å². The second-order valence-corrected chi connectivity index (χ2v) is 7.73. The van der Waals surface area contributed by atoms with Crippen LogP contribution in [-0.2, 0) is 17.3 Å². The number of fused-ring (bicyclic) bond motifs is 1. The average molecular weight is 394 g/mol. The van der Waals surface area contributed by atoms with Crippen molar-refractivity contribution < 1.29 is 17.9 Å². The third kappa shape index (κ3) is 3.43. The number of hydrogen-bond donors (Lipinski definition) is 0. The number of methoxy groups -OCH3 is 1. The number of pyridine rings is 1. The van der Waals surface area contributed by atoms with E-state index in [0.717, 1.165) is 44.6 Å². The van der Waals surface area contributed by atoms with E-state index in [0.29, 0.717) is 29.1 Å². The van der Waals surface area contributed by atoms with E-state index >= 15 is 0 Å². The Morgan fingerprint density at radius 2 is 1.96 bits per heavy atom. The van der Waals surface area contributed by atoms with E-state index in [2.05, 4.69) is 19.4 Å². The first-order valence-electron chi connectivity index (χ1n) is 9.66. The largest absolute Gasteiger partial charge is 0.418 e. The molecule has 2 aromatic rings. The van der Waals surface area contributed by atoms with Crippen molar-refractivity contribution >= 4 is 0 Å². The fourth-order valence-electron chi connectivity index (χ4n) is 4.45. The molecule has 0 bridgehead atoms. The van der Waals surface area contributed by atoms with Crippen LogP contribution in [0.1, 0.15) is 30.0 Å². The Morgan fingerprint density at radius 1 is 1.25 bits per heavy atom. The normalized spacial score (nSPS) is 24.6. The van der Waals surface area contributed by atoms with E-state index < -0.39 is 11.7 Å². The SMILES string of the molecule is CCc1nc(-c2cnc(C)c(C(F)(F)F)c2)cn1C1[C@H]2CN(CCOC)C[C@@H]12. The zero-order valence-corrected chi connectivity index (χ0v) is 16.3. The Hall–Kier alpha value is -1.93. The average Bonchev–Trinajstić information content (AvgIpc) is 3.00. The first kappa shape index (κ1) is 19.4. The molecule has 3 heterocycles. The van der Waals surface area contributed by atoms with Crippen molar-refractivity contribution in [3.8, 4) is 11.3 Å². The van der Waals surface area contributed by atoms with Crippen LogP contribution < -0.4 is 0 Å². The molecule has 0 spiro atoms. The molecule has 28 heavy (non-hydrogen) atoms. The zero-order chi connectivity index (χ0) is 20.1. The second-order valence-electron chi connectivity index (χ2n) is 7.73. The highest BCUT2D eigenvalue weighted by Gasteiger charge is 2.57. The molecule has 4 rings (SSSR count). The number of piperidine rings is 1. The molecule has 0 amide bonds. The molecule has 1 unspecified atom stereocenters. The van der Waals surface area contributed by atoms with Crippen molar-refractivity contribution in [1.82, 2.24) is 19.4 Å². The zero-order valence-electron chi connectivity index (χ0n) is 16.3. The van der Waals surface area contributed by atoms with Crippen LogP contribution in [0.25, 0.3) is 11.3 Å². The van der Waals surface area contributed by atoms with Crippen LogP contribution >= 0.6 is 0 Å². The van der Waals surface area contributed by atoms with Gasteiger partial charge in [0.1, 0.15) is 5.82 Å². The van der Waals surface area contributed by atoms with Gasteiger partial charge in [-0.3, -0.25) is 4.98 Å². The predicted octanol–water partition coefficient (Wildman–Crippen LogP) is 3.58. The van der Waals surface area contributed by atoms with Crippen molar-refractivity contribution in [3.05, 3.63) is 35.5 Å². The summed E-state index contributed by atoms with van der Waals surface area (Å²) in [4.78, 5) is 11.0. The highest BCUT2D eigenvalue weighted by Crippen LogP contribution is 2.55. The third-order valence-electron chi connectivity index (χ3n) is 5.97. The Balaban J connectivity index is 1.56. The molecule has 0 aromatic carbocycles. The summed E-state index contributed by atoms with van der Waals surface area (Å²) >= 11 is 0. The molecule has 2 fully saturated rings. The van der Waals surface area contributed by atoms with Gasteiger partial charge >= 0.3 is 6.18 Å². The van der Waals surface area contributed by atoms with Crippen molar-refractivity contribution in [1.29, 1.82) is 0 Å². The molecular weight excluding hydrogens is 369 g/mol. The van der Waals surface area contributed by atoms with Gasteiger partial charge in [-0.15, -0.1) is 0 Å². The van der Waals surface area contributed by atoms with Crippen molar-refractivity contribution in [3.63, 3.8) is 0 Å². The number of rotatable bonds is 6. The fourth-order valence-corrected chi connectivity index (χ4v) is 4.45. The summed E-state index contributed by atoms with van der Waals surface area (Å²) in [7, 11) is 1.71. The predicted molar refractivity (Wildman–Crippen MR) is 98.9 cm³/mol. The maximum absolute atomic E-state index is 13.2. The van der Waals surface area contributed by atoms with Crippen LogP contribution in [0.4, 0.5) is 13.2 Å². The lowest BCUT2D eigenvalue weighted by molar-refractivity contribution is -0.138. The highest BCUT2D eigenvalue weighted by molar-refractivity contribution is 5.59. The van der Waals surface area contributed by atoms with E-state index in [1.54, 1.807) is 7.11 Å². The minimum atomic E-state index is -4.41. The van der Waals surface area contributed by atoms with E-state index in [9.17, 15) is 13.2 Å². The number of halogens is 3. The standard InChI is InChI=1S/C20H25F3N4O/c1-4-18-25-17(13-7-16(20(21,22)23)12(2)24-8-13)11-27(18)19-14-9-26(5-6-28-3)10-15(14)19/h7-8,11,14-15,19H,4-6,9-10H2,1-3H3/t14-,15+,19?. The topological polar surface area (TPSA) is 43.2 Å². The lowest BCUT2D eigenvalue weighted by atomic mass is 10.1. The number of aromatic nitrogens is 3. The molecular formula is C20H25F3N4O. The molecule has 2 aromatic heterocycles. The van der Waals surface area contributed by atoms with Crippen LogP contribution in [0.5, 0.6) is 0 Å². The maximum atomic E-state index is 13.2. The van der Waals surface area contributed by atoms with Gasteiger partial charge in [-0.25, -0.2) is 4.98 Å². The minimum absolute atomic E-state index is 0.0146. The number of alkyl halides is 3. The maximum Gasteiger partial charge on any atom is 0.418 e. The molecule has 8 heteroatoms. The molecule has 1 aliphatic heterocycles. The summed E-state index contributed by atoms with van der Waals surface area (Å²) in [5, 5.41) is 0. The summed E-state index contributed by atoms with van der Waals surface area (Å²) in [5.74, 6) is 2.10. The Morgan fingerprint density at radius 3 is 2.57 bits per heavy atom. The lowest BCUT2D eigenvalue weighted by Crippen LogP contribution is -2.28. The first-order chi connectivity index (χ1) is 13.3. The van der Waals surface area contributed by atoms with E-state index in [1.807, 2.05) is 13.1 Å². The number of likely N-dealkylation sites (tertiary alicyclic amines) is 1. The molecule has 1 saturated carbocycles. The van der Waals surface area contributed by atoms with Gasteiger partial charge in [0.2, 0.25) is 0 Å². The van der Waals surface area contributed by atoms with Gasteiger partial charge in [0.15, 0.2) is 0 Å². The second kappa shape index (κ2) is 7.15. The molecule has 1 aliphatic carbocycles. The fraction of sp³-hybridized carbons (Fsp3) is 0.600. The van der Waals surface area contributed by atoms with Gasteiger partial charge in [0.05, 0.1) is 17.9 Å². The van der Waals surface area contributed by atoms with Gasteiger partial charge < -0.3 is 14.2 Å². The van der Waals surface area contributed by atoms with Gasteiger partial charge in [-0.1, -0.05) is 6.92 Å². The quantitative estimate of drug-likeness (QED) is 0.751. The van der Waals surface area contributed by atoms with Crippen LogP contribution in [0, 0.1) is 18.8 Å². The van der Waals surface area contributed by atoms with Gasteiger partial charge in [0, 0.05) is 62.9 Å². The molecule has 152 valence electrons. The molecule has 0 N–H and O–H groups in total. The minimum Gasteiger partial charge on any atom is -0.383 e. The Kier molecular flexibility index (Phi) is 4.95. The summed E-state index contributed by atoms with van der Waals surface area (Å²) in [6.45, 7) is 7.17. The van der Waals surface area contributed by atoms with Crippen molar-refractivity contribution in [2.45, 2.75) is 32.5 Å². The highest BCUT2D eigenvalue weighted by atomic mass is 19.4. The van der Waals surface area contributed by atoms with Gasteiger partial charge in [0.25, 0.3) is 0 Å². The molecule has 3 atom stereocenters. The number of ether oxygens (including phenoxy) is 1. The smallest absolute Gasteiger partial charge is 0.383 e. The van der Waals surface area contributed by atoms with Crippen molar-refractivity contribution in [2.75, 3.05) is 33.4 Å². The first-order valence-corrected chi connectivity index (χ1v) is 9.66. The summed E-state index contributed by atoms with van der Waals surface area (Å²) in [5.41, 5.74) is 0.268. The van der Waals surface area contributed by atoms with Crippen LogP contribution in [-0.4, -0.2) is 52.8 Å². The lowest BCUT2D eigenvalue weighted by Gasteiger charge is -2.19. The van der Waals surface area contributed by atoms with Crippen LogP contribution in [0.3, 0.4) is 0 Å². The van der Waals surface area contributed by atoms with Crippen LogP contribution in [0.15, 0.2) is 18.5 Å². The molecule has 1 saturated heterocycles. The van der Waals surface area contributed by atoms with Gasteiger partial charge in [-0.05, 0) is 24.8 Å². The summed E-state index contributed by atoms with van der Waals surface area (Å²) in [6.07, 6.45) is -0.276. The number of nitrogens with zero attached hydrogens (tertiary/aromatic N) is 4. The van der Waals surface area contributed by atoms with Gasteiger partial charge in [-0.2, -0.15) is 13.2 Å². The van der Waals surface area contributed by atoms with Crippen molar-refractivity contribution in [2.24, 2.45) is 11.8 Å². The number of hydrogen-bond acceptors (Lipinski definition) is 4. The Labute approximate surface area is 162 Å². The summed E-state index contributed by atoms with van der Waals surface area (Å²) in [6, 6.07) is 1.56. The number of aryl methyl sites for hydroxylation is 2. The van der Waals surface area contributed by atoms with E-state index in [1.165, 1.54) is 13.1 Å².